The normalized spacial score (nSPS) is 49.2. The molecule has 0 aromatic heterocycles. The third kappa shape index (κ3) is 1.73. The third-order valence-corrected chi connectivity index (χ3v) is 2.23. The van der Waals surface area contributed by atoms with Gasteiger partial charge in [0.25, 0.3) is 0 Å². The minimum Gasteiger partial charge on any atom is -0.388 e. The Morgan fingerprint density at radius 3 is 2.08 bits per heavy atom. The maximum absolute atomic E-state index is 9.23. The fourth-order valence-corrected chi connectivity index (χ4v) is 1.38. The highest BCUT2D eigenvalue weighted by Gasteiger charge is 2.42. The molecule has 4 N–H and O–H groups in total. The van der Waals surface area contributed by atoms with Crippen LogP contribution in [0, 0.1) is 0 Å². The van der Waals surface area contributed by atoms with E-state index >= 15 is 0 Å². The van der Waals surface area contributed by atoms with Crippen molar-refractivity contribution in [2.45, 2.75) is 30.7 Å². The topological polar surface area (TPSA) is 90.2 Å². The molecule has 1 saturated heterocycles. The van der Waals surface area contributed by atoms with E-state index in [4.69, 9.17) is 20.1 Å². The fraction of sp³-hybridized carbons (Fsp3) is 1.00. The molecule has 1 heterocycles. The molecular weight excluding hydrogens is 184 g/mol. The van der Waals surface area contributed by atoms with Crippen LogP contribution in [0.3, 0.4) is 0 Å². The van der Waals surface area contributed by atoms with Crippen molar-refractivity contribution < 1.29 is 25.2 Å². The monoisotopic (exact) mass is 196 g/mol. The van der Waals surface area contributed by atoms with E-state index in [2.05, 4.69) is 12.6 Å². The smallest absolute Gasteiger partial charge is 0.183 e. The van der Waals surface area contributed by atoms with Gasteiger partial charge in [-0.1, -0.05) is 0 Å². The van der Waals surface area contributed by atoms with Crippen LogP contribution in [0.15, 0.2) is 0 Å². The highest BCUT2D eigenvalue weighted by atomic mass is 32.1. The first-order valence-corrected chi connectivity index (χ1v) is 4.19. The lowest BCUT2D eigenvalue weighted by Gasteiger charge is -2.37. The zero-order valence-corrected chi connectivity index (χ0v) is 7.13. The van der Waals surface area contributed by atoms with E-state index in [-0.39, 0.29) is 5.75 Å². The van der Waals surface area contributed by atoms with E-state index in [0.717, 1.165) is 0 Å². The first-order valence-electron chi connectivity index (χ1n) is 3.56. The number of hydrogen-bond acceptors (Lipinski definition) is 6. The number of rotatable bonds is 1. The van der Waals surface area contributed by atoms with Crippen molar-refractivity contribution >= 4 is 12.6 Å². The first kappa shape index (κ1) is 10.2. The SMILES string of the molecule is O[C@@H]1[C@H](O)[C@@H](O)O[C@H](CS)[C@H]1O. The van der Waals surface area contributed by atoms with Crippen molar-refractivity contribution in [2.75, 3.05) is 5.75 Å². The Kier molecular flexibility index (Phi) is 3.33. The molecule has 12 heavy (non-hydrogen) atoms. The first-order chi connectivity index (χ1) is 5.57. The van der Waals surface area contributed by atoms with Gasteiger partial charge in [-0.2, -0.15) is 12.6 Å². The molecule has 5 atom stereocenters. The summed E-state index contributed by atoms with van der Waals surface area (Å²) in [5.41, 5.74) is 0. The number of aliphatic hydroxyl groups excluding tert-OH is 4. The minimum atomic E-state index is -1.46. The van der Waals surface area contributed by atoms with Gasteiger partial charge in [-0.05, 0) is 0 Å². The van der Waals surface area contributed by atoms with Crippen LogP contribution in [-0.2, 0) is 4.74 Å². The highest BCUT2D eigenvalue weighted by Crippen LogP contribution is 2.20. The van der Waals surface area contributed by atoms with Gasteiger partial charge in [-0.3, -0.25) is 0 Å². The molecule has 0 aliphatic carbocycles. The predicted octanol–water partition coefficient (Wildman–Crippen LogP) is -2.28. The lowest BCUT2D eigenvalue weighted by atomic mass is 10.0. The lowest BCUT2D eigenvalue weighted by molar-refractivity contribution is -0.276. The zero-order valence-electron chi connectivity index (χ0n) is 6.24. The average molecular weight is 196 g/mol. The number of hydrogen-bond donors (Lipinski definition) is 5. The number of thiol groups is 1. The molecule has 5 nitrogen and oxygen atoms in total. The summed E-state index contributed by atoms with van der Waals surface area (Å²) >= 11 is 3.84. The summed E-state index contributed by atoms with van der Waals surface area (Å²) in [6.07, 6.45) is -6.26. The quantitative estimate of drug-likeness (QED) is 0.305. The second kappa shape index (κ2) is 3.91. The Hall–Kier alpha value is 0.150. The van der Waals surface area contributed by atoms with Crippen LogP contribution in [-0.4, -0.2) is 56.9 Å². The maximum Gasteiger partial charge on any atom is 0.183 e. The summed E-state index contributed by atoms with van der Waals surface area (Å²) in [5.74, 6) is 0.169. The predicted molar refractivity (Wildman–Crippen MR) is 42.8 cm³/mol. The second-order valence-electron chi connectivity index (χ2n) is 2.72. The molecule has 0 aromatic rings. The van der Waals surface area contributed by atoms with Crippen LogP contribution < -0.4 is 0 Å². The van der Waals surface area contributed by atoms with Gasteiger partial charge in [0, 0.05) is 5.75 Å². The van der Waals surface area contributed by atoms with E-state index in [1.807, 2.05) is 0 Å². The Labute approximate surface area is 75.0 Å². The molecule has 1 aliphatic heterocycles. The molecule has 0 amide bonds. The molecule has 0 bridgehead atoms. The number of aliphatic hydroxyl groups is 4. The van der Waals surface area contributed by atoms with Crippen molar-refractivity contribution in [3.8, 4) is 0 Å². The zero-order chi connectivity index (χ0) is 9.30. The van der Waals surface area contributed by atoms with Crippen molar-refractivity contribution in [3.63, 3.8) is 0 Å². The molecule has 0 spiro atoms. The van der Waals surface area contributed by atoms with E-state index in [1.54, 1.807) is 0 Å². The Bertz CT molecular complexity index is 150. The summed E-state index contributed by atoms with van der Waals surface area (Å²) < 4.78 is 4.75. The number of ether oxygens (including phenoxy) is 1. The molecular formula is C6H12O5S. The largest absolute Gasteiger partial charge is 0.388 e. The Morgan fingerprint density at radius 2 is 1.58 bits per heavy atom. The molecule has 6 heteroatoms. The van der Waals surface area contributed by atoms with Gasteiger partial charge >= 0.3 is 0 Å². The highest BCUT2D eigenvalue weighted by molar-refractivity contribution is 7.80. The molecule has 0 aromatic carbocycles. The Balaban J connectivity index is 2.63. The van der Waals surface area contributed by atoms with Gasteiger partial charge < -0.3 is 25.2 Å². The van der Waals surface area contributed by atoms with E-state index in [0.29, 0.717) is 0 Å². The minimum absolute atomic E-state index is 0.169. The van der Waals surface area contributed by atoms with Gasteiger partial charge in [-0.25, -0.2) is 0 Å². The fourth-order valence-electron chi connectivity index (χ4n) is 1.08. The van der Waals surface area contributed by atoms with Crippen LogP contribution in [0.2, 0.25) is 0 Å². The van der Waals surface area contributed by atoms with Crippen LogP contribution >= 0.6 is 12.6 Å². The van der Waals surface area contributed by atoms with Crippen LogP contribution in [0.1, 0.15) is 0 Å². The van der Waals surface area contributed by atoms with Crippen LogP contribution in [0.25, 0.3) is 0 Å². The van der Waals surface area contributed by atoms with Gasteiger partial charge in [0.05, 0.1) is 6.10 Å². The molecule has 0 unspecified atom stereocenters. The van der Waals surface area contributed by atoms with Crippen molar-refractivity contribution in [3.05, 3.63) is 0 Å². The standard InChI is InChI=1S/C6H12O5S/c7-3-2(1-12)11-6(10)5(9)4(3)8/h2-10,12H,1H2/t2-,3-,4+,5+,6+/m1/s1. The molecule has 1 rings (SSSR count). The third-order valence-electron chi connectivity index (χ3n) is 1.87. The summed E-state index contributed by atoms with van der Waals surface area (Å²) in [6, 6.07) is 0. The summed E-state index contributed by atoms with van der Waals surface area (Å²) in [7, 11) is 0. The second-order valence-corrected chi connectivity index (χ2v) is 3.08. The molecule has 0 radical (unpaired) electrons. The molecule has 1 aliphatic rings. The van der Waals surface area contributed by atoms with Crippen LogP contribution in [0.5, 0.6) is 0 Å². The van der Waals surface area contributed by atoms with E-state index in [9.17, 15) is 5.11 Å². The van der Waals surface area contributed by atoms with Gasteiger partial charge in [0.2, 0.25) is 0 Å². The Morgan fingerprint density at radius 1 is 1.00 bits per heavy atom. The summed E-state index contributed by atoms with van der Waals surface area (Å²) in [5, 5.41) is 36.4. The molecule has 72 valence electrons. The van der Waals surface area contributed by atoms with Crippen molar-refractivity contribution in [1.29, 1.82) is 0 Å². The van der Waals surface area contributed by atoms with Gasteiger partial charge in [0.15, 0.2) is 6.29 Å². The summed E-state index contributed by atoms with van der Waals surface area (Å²) in [4.78, 5) is 0. The van der Waals surface area contributed by atoms with Gasteiger partial charge in [0.1, 0.15) is 18.3 Å². The maximum atomic E-state index is 9.23. The molecule has 1 fully saturated rings. The molecule has 0 saturated carbocycles. The lowest BCUT2D eigenvalue weighted by Crippen LogP contribution is -2.57. The van der Waals surface area contributed by atoms with Crippen LogP contribution in [0.4, 0.5) is 0 Å². The average Bonchev–Trinajstić information content (AvgIpc) is 2.08. The summed E-state index contributed by atoms with van der Waals surface area (Å²) in [6.45, 7) is 0. The van der Waals surface area contributed by atoms with Crippen molar-refractivity contribution in [2.24, 2.45) is 0 Å². The van der Waals surface area contributed by atoms with E-state index < -0.39 is 30.7 Å². The van der Waals surface area contributed by atoms with Gasteiger partial charge in [-0.15, -0.1) is 0 Å². The van der Waals surface area contributed by atoms with E-state index in [1.165, 1.54) is 0 Å². The van der Waals surface area contributed by atoms with Crippen molar-refractivity contribution in [1.82, 2.24) is 0 Å².